The average Bonchev–Trinajstić information content (AvgIpc) is 3.24. The number of carbonyl (C=O) groups is 2. The van der Waals surface area contributed by atoms with E-state index in [-0.39, 0.29) is 22.7 Å². The highest BCUT2D eigenvalue weighted by Gasteiger charge is 2.35. The number of hydrogen-bond donors (Lipinski definition) is 0. The van der Waals surface area contributed by atoms with Crippen molar-refractivity contribution in [3.8, 4) is 0 Å². The molecule has 4 aromatic rings. The number of fused-ring (bicyclic) bond motifs is 1. The van der Waals surface area contributed by atoms with E-state index in [0.717, 1.165) is 38.8 Å². The van der Waals surface area contributed by atoms with Crippen LogP contribution in [0.25, 0.3) is 17.0 Å². The Labute approximate surface area is 205 Å². The second kappa shape index (κ2) is 9.12. The summed E-state index contributed by atoms with van der Waals surface area (Å²) in [5, 5.41) is 0.828. The number of nitrogens with zero attached hydrogens (tertiary/aromatic N) is 2. The maximum atomic E-state index is 13.4. The first-order chi connectivity index (χ1) is 16.4. The summed E-state index contributed by atoms with van der Waals surface area (Å²) in [6.07, 6.45) is 1.80. The van der Waals surface area contributed by atoms with Gasteiger partial charge in [-0.25, -0.2) is 4.39 Å². The number of para-hydroxylation sites is 1. The van der Waals surface area contributed by atoms with Crippen molar-refractivity contribution in [2.45, 2.75) is 20.0 Å². The van der Waals surface area contributed by atoms with Crippen molar-refractivity contribution in [1.82, 2.24) is 9.47 Å². The predicted molar refractivity (Wildman–Crippen MR) is 135 cm³/mol. The molecule has 4 nitrogen and oxygen atoms in total. The van der Waals surface area contributed by atoms with E-state index in [1.807, 2.05) is 43.3 Å². The Balaban J connectivity index is 1.50. The lowest BCUT2D eigenvalue weighted by Crippen LogP contribution is -2.27. The maximum Gasteiger partial charge on any atom is 0.293 e. The molecule has 0 spiro atoms. The molecule has 1 aromatic heterocycles. The first kappa shape index (κ1) is 22.4. The Bertz CT molecular complexity index is 1460. The first-order valence-corrected chi connectivity index (χ1v) is 11.9. The van der Waals surface area contributed by atoms with Gasteiger partial charge in [0.25, 0.3) is 11.1 Å². The monoisotopic (exact) mass is 490 g/mol. The Hall–Kier alpha value is -3.35. The molecule has 0 N–H and O–H groups in total. The van der Waals surface area contributed by atoms with Gasteiger partial charge < -0.3 is 4.57 Å². The van der Waals surface area contributed by atoms with Crippen molar-refractivity contribution in [1.29, 1.82) is 0 Å². The zero-order valence-electron chi connectivity index (χ0n) is 18.3. The molecule has 1 aliphatic rings. The summed E-state index contributed by atoms with van der Waals surface area (Å²) >= 11 is 7.02. The SMILES string of the molecule is Cc1c(C=C2SC(=O)N(Cc3ccc(F)cc3Cl)C2=O)c2ccccc2n1Cc1ccccc1. The standard InChI is InChI=1S/C27H20ClFN2O2S/c1-17-22(21-9-5-6-10-24(21)30(17)15-18-7-3-2-4-8-18)14-25-26(32)31(27(33)34-25)16-19-11-12-20(29)13-23(19)28/h2-14H,15-16H2,1H3. The fourth-order valence-electron chi connectivity index (χ4n) is 4.20. The molecule has 0 radical (unpaired) electrons. The zero-order chi connectivity index (χ0) is 23.8. The van der Waals surface area contributed by atoms with Crippen LogP contribution in [0.5, 0.6) is 0 Å². The van der Waals surface area contributed by atoms with E-state index in [4.69, 9.17) is 11.6 Å². The van der Waals surface area contributed by atoms with Gasteiger partial charge in [0.1, 0.15) is 5.82 Å². The maximum absolute atomic E-state index is 13.4. The number of halogens is 2. The topological polar surface area (TPSA) is 42.3 Å². The van der Waals surface area contributed by atoms with Crippen LogP contribution in [0.15, 0.2) is 77.7 Å². The molecule has 7 heteroatoms. The number of amides is 2. The number of thioether (sulfide) groups is 1. The van der Waals surface area contributed by atoms with Crippen molar-refractivity contribution in [3.63, 3.8) is 0 Å². The minimum absolute atomic E-state index is 0.00410. The average molecular weight is 491 g/mol. The summed E-state index contributed by atoms with van der Waals surface area (Å²) in [6, 6.07) is 22.2. The highest BCUT2D eigenvalue weighted by Crippen LogP contribution is 2.37. The summed E-state index contributed by atoms with van der Waals surface area (Å²) in [5.41, 5.74) is 4.68. The largest absolute Gasteiger partial charge is 0.340 e. The Morgan fingerprint density at radius 1 is 0.971 bits per heavy atom. The summed E-state index contributed by atoms with van der Waals surface area (Å²) < 4.78 is 15.6. The van der Waals surface area contributed by atoms with Gasteiger partial charge in [-0.3, -0.25) is 14.5 Å². The Morgan fingerprint density at radius 3 is 2.47 bits per heavy atom. The molecule has 170 valence electrons. The van der Waals surface area contributed by atoms with Crippen molar-refractivity contribution in [2.24, 2.45) is 0 Å². The van der Waals surface area contributed by atoms with Gasteiger partial charge >= 0.3 is 0 Å². The summed E-state index contributed by atoms with van der Waals surface area (Å²) in [5.74, 6) is -0.847. The lowest BCUT2D eigenvalue weighted by atomic mass is 10.1. The molecule has 2 amide bonds. The predicted octanol–water partition coefficient (Wildman–Crippen LogP) is 7.03. The van der Waals surface area contributed by atoms with Gasteiger partial charge in [-0.2, -0.15) is 0 Å². The van der Waals surface area contributed by atoms with E-state index in [1.54, 1.807) is 6.08 Å². The number of aromatic nitrogens is 1. The molecule has 0 aliphatic carbocycles. The van der Waals surface area contributed by atoms with Gasteiger partial charge in [0.2, 0.25) is 0 Å². The molecule has 2 heterocycles. The third-order valence-corrected chi connectivity index (χ3v) is 7.22. The van der Waals surface area contributed by atoms with Crippen molar-refractivity contribution in [3.05, 3.63) is 111 Å². The van der Waals surface area contributed by atoms with E-state index in [2.05, 4.69) is 22.8 Å². The molecule has 1 fully saturated rings. The zero-order valence-corrected chi connectivity index (χ0v) is 19.9. The number of carbonyl (C=O) groups excluding carboxylic acids is 2. The van der Waals surface area contributed by atoms with Gasteiger partial charge in [0.15, 0.2) is 0 Å². The molecule has 34 heavy (non-hydrogen) atoms. The van der Waals surface area contributed by atoms with E-state index in [9.17, 15) is 14.0 Å². The van der Waals surface area contributed by atoms with Crippen LogP contribution in [0.4, 0.5) is 9.18 Å². The van der Waals surface area contributed by atoms with E-state index >= 15 is 0 Å². The summed E-state index contributed by atoms with van der Waals surface area (Å²) in [7, 11) is 0. The molecular weight excluding hydrogens is 471 g/mol. The van der Waals surface area contributed by atoms with Crippen LogP contribution in [0.2, 0.25) is 5.02 Å². The minimum Gasteiger partial charge on any atom is -0.340 e. The smallest absolute Gasteiger partial charge is 0.293 e. The van der Waals surface area contributed by atoms with Crippen molar-refractivity contribution in [2.75, 3.05) is 0 Å². The van der Waals surface area contributed by atoms with Crippen LogP contribution in [-0.4, -0.2) is 20.6 Å². The molecule has 1 aliphatic heterocycles. The minimum atomic E-state index is -0.467. The van der Waals surface area contributed by atoms with E-state index < -0.39 is 5.82 Å². The normalized spacial score (nSPS) is 15.1. The quantitative estimate of drug-likeness (QED) is 0.282. The van der Waals surface area contributed by atoms with Crippen molar-refractivity contribution >= 4 is 51.5 Å². The van der Waals surface area contributed by atoms with Crippen LogP contribution in [-0.2, 0) is 17.9 Å². The summed E-state index contributed by atoms with van der Waals surface area (Å²) in [4.78, 5) is 27.3. The van der Waals surface area contributed by atoms with Crippen LogP contribution < -0.4 is 0 Å². The highest BCUT2D eigenvalue weighted by molar-refractivity contribution is 8.18. The van der Waals surface area contributed by atoms with Gasteiger partial charge in [-0.15, -0.1) is 0 Å². The first-order valence-electron chi connectivity index (χ1n) is 10.7. The molecule has 0 bridgehead atoms. The Kier molecular flexibility index (Phi) is 6.02. The van der Waals surface area contributed by atoms with Gasteiger partial charge in [0.05, 0.1) is 11.4 Å². The number of hydrogen-bond acceptors (Lipinski definition) is 3. The van der Waals surface area contributed by atoms with Gasteiger partial charge in [0, 0.05) is 33.7 Å². The molecule has 0 unspecified atom stereocenters. The second-order valence-electron chi connectivity index (χ2n) is 8.09. The highest BCUT2D eigenvalue weighted by atomic mass is 35.5. The third kappa shape index (κ3) is 4.15. The van der Waals surface area contributed by atoms with E-state index in [1.165, 1.54) is 23.8 Å². The number of rotatable bonds is 5. The lowest BCUT2D eigenvalue weighted by molar-refractivity contribution is -0.123. The molecule has 0 saturated carbocycles. The fraction of sp³-hybridized carbons (Fsp3) is 0.111. The van der Waals surface area contributed by atoms with E-state index in [0.29, 0.717) is 17.0 Å². The third-order valence-electron chi connectivity index (χ3n) is 5.96. The van der Waals surface area contributed by atoms with Crippen LogP contribution in [0.3, 0.4) is 0 Å². The van der Waals surface area contributed by atoms with Crippen molar-refractivity contribution < 1.29 is 14.0 Å². The fourth-order valence-corrected chi connectivity index (χ4v) is 5.24. The van der Waals surface area contributed by atoms with Crippen LogP contribution in [0.1, 0.15) is 22.4 Å². The second-order valence-corrected chi connectivity index (χ2v) is 9.49. The molecule has 5 rings (SSSR count). The Morgan fingerprint density at radius 2 is 1.71 bits per heavy atom. The lowest BCUT2D eigenvalue weighted by Gasteiger charge is -2.13. The molecule has 0 atom stereocenters. The number of imide groups is 1. The van der Waals surface area contributed by atoms with Gasteiger partial charge in [-0.05, 0) is 54.1 Å². The summed E-state index contributed by atoms with van der Waals surface area (Å²) in [6.45, 7) is 2.72. The number of benzene rings is 3. The van der Waals surface area contributed by atoms with Crippen LogP contribution in [0, 0.1) is 12.7 Å². The van der Waals surface area contributed by atoms with Gasteiger partial charge in [-0.1, -0.05) is 66.2 Å². The van der Waals surface area contributed by atoms with Crippen LogP contribution >= 0.6 is 23.4 Å². The molecule has 1 saturated heterocycles. The molecular formula is C27H20ClFN2O2S. The molecule has 3 aromatic carbocycles.